The normalized spacial score (nSPS) is 13.9. The fourth-order valence-electron chi connectivity index (χ4n) is 3.40. The summed E-state index contributed by atoms with van der Waals surface area (Å²) in [5, 5.41) is 4.01. The van der Waals surface area contributed by atoms with Gasteiger partial charge in [0.25, 0.3) is 0 Å². The standard InChI is InChI=1S/C22H25FN4O3.C2H6/c1-28-20-14-19-18(13-21(20)30-10-2-7-27-8-11-29-12-9-27)22(25-15-24-19)26-17-5-3-16(23)4-6-17;1-2/h3-6,13-15H,2,7-12H2,1H3,(H,24,25,26);1-2H3. The summed E-state index contributed by atoms with van der Waals surface area (Å²) >= 11 is 0. The van der Waals surface area contributed by atoms with Crippen LogP contribution in [0.5, 0.6) is 11.5 Å². The number of halogens is 1. The van der Waals surface area contributed by atoms with Gasteiger partial charge in [-0.3, -0.25) is 4.90 Å². The molecule has 1 aliphatic rings. The lowest BCUT2D eigenvalue weighted by Gasteiger charge is -2.26. The highest BCUT2D eigenvalue weighted by molar-refractivity contribution is 5.93. The van der Waals surface area contributed by atoms with Crippen LogP contribution in [0.2, 0.25) is 0 Å². The molecule has 0 saturated carbocycles. The second-order valence-corrected chi connectivity index (χ2v) is 7.03. The largest absolute Gasteiger partial charge is 0.493 e. The minimum atomic E-state index is -0.286. The second kappa shape index (κ2) is 12.2. The molecular formula is C24H31FN4O3. The molecule has 4 rings (SSSR count). The van der Waals surface area contributed by atoms with Crippen molar-refractivity contribution in [1.82, 2.24) is 14.9 Å². The summed E-state index contributed by atoms with van der Waals surface area (Å²) in [5.74, 6) is 1.60. The maximum atomic E-state index is 13.2. The Morgan fingerprint density at radius 2 is 1.81 bits per heavy atom. The summed E-state index contributed by atoms with van der Waals surface area (Å²) in [6, 6.07) is 9.85. The van der Waals surface area contributed by atoms with Crippen LogP contribution in [-0.2, 0) is 4.74 Å². The number of hydrogen-bond acceptors (Lipinski definition) is 7. The molecule has 0 aliphatic carbocycles. The molecule has 1 saturated heterocycles. The Morgan fingerprint density at radius 1 is 1.06 bits per heavy atom. The van der Waals surface area contributed by atoms with Crippen LogP contribution >= 0.6 is 0 Å². The number of methoxy groups -OCH3 is 1. The molecule has 0 spiro atoms. The van der Waals surface area contributed by atoms with Crippen LogP contribution in [0.25, 0.3) is 10.9 Å². The fraction of sp³-hybridized carbons (Fsp3) is 0.417. The molecule has 0 atom stereocenters. The van der Waals surface area contributed by atoms with Crippen LogP contribution in [0.1, 0.15) is 20.3 Å². The van der Waals surface area contributed by atoms with E-state index in [1.165, 1.54) is 18.5 Å². The van der Waals surface area contributed by atoms with E-state index in [1.807, 2.05) is 26.0 Å². The average molecular weight is 443 g/mol. The van der Waals surface area contributed by atoms with Crippen LogP contribution < -0.4 is 14.8 Å². The summed E-state index contributed by atoms with van der Waals surface area (Å²) in [5.41, 5.74) is 1.47. The highest BCUT2D eigenvalue weighted by Crippen LogP contribution is 2.34. The van der Waals surface area contributed by atoms with Gasteiger partial charge in [-0.05, 0) is 36.8 Å². The van der Waals surface area contributed by atoms with Gasteiger partial charge in [0.1, 0.15) is 18.0 Å². The minimum Gasteiger partial charge on any atom is -0.493 e. The summed E-state index contributed by atoms with van der Waals surface area (Å²) in [6.07, 6.45) is 2.39. The molecule has 1 aliphatic heterocycles. The van der Waals surface area contributed by atoms with E-state index in [0.717, 1.165) is 55.9 Å². The number of nitrogens with zero attached hydrogens (tertiary/aromatic N) is 3. The molecule has 172 valence electrons. The minimum absolute atomic E-state index is 0.286. The topological polar surface area (TPSA) is 68.7 Å². The van der Waals surface area contributed by atoms with Crippen LogP contribution in [-0.4, -0.2) is 61.4 Å². The zero-order valence-corrected chi connectivity index (χ0v) is 18.9. The molecule has 7 nitrogen and oxygen atoms in total. The van der Waals surface area contributed by atoms with Crippen molar-refractivity contribution in [2.45, 2.75) is 20.3 Å². The molecule has 0 amide bonds. The van der Waals surface area contributed by atoms with E-state index in [1.54, 1.807) is 19.2 Å². The smallest absolute Gasteiger partial charge is 0.162 e. The van der Waals surface area contributed by atoms with Gasteiger partial charge in [0, 0.05) is 36.8 Å². The third-order valence-electron chi connectivity index (χ3n) is 5.01. The number of aromatic nitrogens is 2. The van der Waals surface area contributed by atoms with Gasteiger partial charge in [-0.2, -0.15) is 0 Å². The Labute approximate surface area is 188 Å². The van der Waals surface area contributed by atoms with E-state index in [-0.39, 0.29) is 5.82 Å². The van der Waals surface area contributed by atoms with Gasteiger partial charge >= 0.3 is 0 Å². The Kier molecular flexibility index (Phi) is 9.01. The van der Waals surface area contributed by atoms with Crippen molar-refractivity contribution < 1.29 is 18.6 Å². The first kappa shape index (κ1) is 23.7. The lowest BCUT2D eigenvalue weighted by Crippen LogP contribution is -2.37. The van der Waals surface area contributed by atoms with Crippen LogP contribution in [0.4, 0.5) is 15.9 Å². The van der Waals surface area contributed by atoms with Crippen LogP contribution in [0, 0.1) is 5.82 Å². The number of rotatable bonds is 8. The second-order valence-electron chi connectivity index (χ2n) is 7.03. The lowest BCUT2D eigenvalue weighted by atomic mass is 10.2. The first-order valence-electron chi connectivity index (χ1n) is 11.0. The number of hydrogen-bond donors (Lipinski definition) is 1. The highest BCUT2D eigenvalue weighted by atomic mass is 19.1. The summed E-state index contributed by atoms with van der Waals surface area (Å²) in [7, 11) is 1.61. The van der Waals surface area contributed by atoms with E-state index in [4.69, 9.17) is 14.2 Å². The van der Waals surface area contributed by atoms with Crippen molar-refractivity contribution in [2.24, 2.45) is 0 Å². The van der Waals surface area contributed by atoms with Gasteiger partial charge in [-0.1, -0.05) is 13.8 Å². The predicted octanol–water partition coefficient (Wildman–Crippen LogP) is 4.65. The van der Waals surface area contributed by atoms with E-state index in [9.17, 15) is 4.39 Å². The first-order valence-corrected chi connectivity index (χ1v) is 11.0. The fourth-order valence-corrected chi connectivity index (χ4v) is 3.40. The average Bonchev–Trinajstić information content (AvgIpc) is 2.85. The molecule has 3 aromatic rings. The Morgan fingerprint density at radius 3 is 2.53 bits per heavy atom. The predicted molar refractivity (Wildman–Crippen MR) is 124 cm³/mol. The van der Waals surface area contributed by atoms with E-state index in [2.05, 4.69) is 20.2 Å². The molecule has 1 N–H and O–H groups in total. The van der Waals surface area contributed by atoms with E-state index < -0.39 is 0 Å². The maximum Gasteiger partial charge on any atom is 0.162 e. The van der Waals surface area contributed by atoms with Crippen molar-refractivity contribution >= 4 is 22.4 Å². The SMILES string of the molecule is CC.COc1cc2ncnc(Nc3ccc(F)cc3)c2cc1OCCCN1CCOCC1. The highest BCUT2D eigenvalue weighted by Gasteiger charge is 2.13. The van der Waals surface area contributed by atoms with Gasteiger partial charge in [0.15, 0.2) is 11.5 Å². The molecule has 2 heterocycles. The van der Waals surface area contributed by atoms with Crippen molar-refractivity contribution in [3.63, 3.8) is 0 Å². The molecule has 0 bridgehead atoms. The zero-order chi connectivity index (χ0) is 22.8. The van der Waals surface area contributed by atoms with Gasteiger partial charge in [0.05, 0.1) is 32.4 Å². The Bertz CT molecular complexity index is 979. The molecule has 0 radical (unpaired) electrons. The van der Waals surface area contributed by atoms with Crippen molar-refractivity contribution in [3.05, 3.63) is 48.5 Å². The maximum absolute atomic E-state index is 13.2. The molecular weight excluding hydrogens is 411 g/mol. The molecule has 1 aromatic heterocycles. The van der Waals surface area contributed by atoms with Crippen molar-refractivity contribution in [1.29, 1.82) is 0 Å². The molecule has 32 heavy (non-hydrogen) atoms. The Hall–Kier alpha value is -2.97. The summed E-state index contributed by atoms with van der Waals surface area (Å²) < 4.78 is 30.1. The summed E-state index contributed by atoms with van der Waals surface area (Å²) in [4.78, 5) is 11.1. The van der Waals surface area contributed by atoms with Crippen molar-refractivity contribution in [2.75, 3.05) is 51.9 Å². The van der Waals surface area contributed by atoms with Gasteiger partial charge < -0.3 is 19.5 Å². The molecule has 1 fully saturated rings. The number of anilines is 2. The zero-order valence-electron chi connectivity index (χ0n) is 18.9. The molecule has 8 heteroatoms. The number of benzene rings is 2. The van der Waals surface area contributed by atoms with Crippen molar-refractivity contribution in [3.8, 4) is 11.5 Å². The third-order valence-corrected chi connectivity index (χ3v) is 5.01. The Balaban J connectivity index is 0.00000141. The van der Waals surface area contributed by atoms with Gasteiger partial charge in [0.2, 0.25) is 0 Å². The lowest BCUT2D eigenvalue weighted by molar-refractivity contribution is 0.0357. The van der Waals surface area contributed by atoms with Crippen LogP contribution in [0.3, 0.4) is 0 Å². The number of ether oxygens (including phenoxy) is 3. The number of morpholine rings is 1. The molecule has 2 aromatic carbocycles. The first-order chi connectivity index (χ1) is 15.7. The van der Waals surface area contributed by atoms with E-state index in [0.29, 0.717) is 23.9 Å². The molecule has 0 unspecified atom stereocenters. The van der Waals surface area contributed by atoms with Crippen LogP contribution in [0.15, 0.2) is 42.7 Å². The summed E-state index contributed by atoms with van der Waals surface area (Å²) in [6.45, 7) is 9.07. The third kappa shape index (κ3) is 6.27. The quantitative estimate of drug-likeness (QED) is 0.509. The number of nitrogens with one attached hydrogen (secondary N) is 1. The monoisotopic (exact) mass is 442 g/mol. The number of fused-ring (bicyclic) bond motifs is 1. The van der Waals surface area contributed by atoms with E-state index >= 15 is 0 Å². The van der Waals surface area contributed by atoms with Gasteiger partial charge in [-0.25, -0.2) is 14.4 Å². The van der Waals surface area contributed by atoms with Gasteiger partial charge in [-0.15, -0.1) is 0 Å².